The van der Waals surface area contributed by atoms with E-state index in [4.69, 9.17) is 5.73 Å². The summed E-state index contributed by atoms with van der Waals surface area (Å²) in [5.41, 5.74) is 8.42. The molecule has 2 aliphatic heterocycles. The number of hydrogen-bond donors (Lipinski definition) is 3. The Labute approximate surface area is 223 Å². The van der Waals surface area contributed by atoms with Crippen molar-refractivity contribution < 1.29 is 4.79 Å². The molecule has 202 valence electrons. The number of piperidine rings is 1. The van der Waals surface area contributed by atoms with Gasteiger partial charge in [0.25, 0.3) is 11.5 Å². The molecule has 0 aliphatic carbocycles. The average molecular weight is 527 g/mol. The van der Waals surface area contributed by atoms with Gasteiger partial charge in [0.05, 0.1) is 0 Å². The van der Waals surface area contributed by atoms with Crippen LogP contribution in [-0.4, -0.2) is 66.1 Å². The summed E-state index contributed by atoms with van der Waals surface area (Å²) in [6.07, 6.45) is 10.1. The lowest BCUT2D eigenvalue weighted by atomic mass is 10.1. The first kappa shape index (κ1) is 27.4. The molecule has 4 rings (SSSR count). The Kier molecular flexibility index (Phi) is 10.2. The second kappa shape index (κ2) is 13.8. The standard InChI is InChI=1S/C28H42N6O2S/c1-2-34-27(36)24(21-31-23-11-9-22(10-12-23)13-20-33-17-6-7-18-33)37-28(34)25(29)26(35)30-14-8-19-32-15-4-3-5-16-32/h9-12,21,31H,2-8,13-20,29H2,1H3,(H,30,35)/b24-21+,28-25+. The van der Waals surface area contributed by atoms with Crippen LogP contribution in [0.15, 0.2) is 29.1 Å². The number of carbonyl (C=O) groups excluding carboxylic acids is 1. The van der Waals surface area contributed by atoms with Crippen LogP contribution in [0, 0.1) is 0 Å². The Morgan fingerprint density at radius 3 is 2.32 bits per heavy atom. The lowest BCUT2D eigenvalue weighted by Crippen LogP contribution is -2.38. The Bertz CT molecular complexity index is 1190. The molecule has 2 aromatic rings. The summed E-state index contributed by atoms with van der Waals surface area (Å²) in [6, 6.07) is 8.36. The second-order valence-corrected chi connectivity index (χ2v) is 11.1. The molecule has 37 heavy (non-hydrogen) atoms. The summed E-state index contributed by atoms with van der Waals surface area (Å²) in [7, 11) is 0. The molecule has 1 aromatic heterocycles. The van der Waals surface area contributed by atoms with Crippen LogP contribution in [0.25, 0.3) is 11.9 Å². The van der Waals surface area contributed by atoms with Gasteiger partial charge in [-0.3, -0.25) is 14.2 Å². The summed E-state index contributed by atoms with van der Waals surface area (Å²) in [5.74, 6) is -0.314. The maximum absolute atomic E-state index is 13.0. The third-order valence-electron chi connectivity index (χ3n) is 7.32. The van der Waals surface area contributed by atoms with Crippen molar-refractivity contribution in [3.8, 4) is 0 Å². The number of nitrogens with one attached hydrogen (secondary N) is 2. The fourth-order valence-corrected chi connectivity index (χ4v) is 6.15. The zero-order valence-electron chi connectivity index (χ0n) is 22.1. The van der Waals surface area contributed by atoms with Gasteiger partial charge < -0.3 is 26.2 Å². The largest absolute Gasteiger partial charge is 0.392 e. The lowest BCUT2D eigenvalue weighted by molar-refractivity contribution is -0.115. The number of amides is 1. The molecule has 1 aromatic carbocycles. The molecule has 0 radical (unpaired) electrons. The number of likely N-dealkylation sites (tertiary alicyclic amines) is 2. The van der Waals surface area contributed by atoms with E-state index in [1.807, 2.05) is 19.1 Å². The van der Waals surface area contributed by atoms with Gasteiger partial charge in [-0.15, -0.1) is 11.3 Å². The van der Waals surface area contributed by atoms with Crippen molar-refractivity contribution in [3.05, 3.63) is 49.4 Å². The first-order valence-electron chi connectivity index (χ1n) is 13.8. The van der Waals surface area contributed by atoms with Crippen LogP contribution in [0.1, 0.15) is 51.0 Å². The highest BCUT2D eigenvalue weighted by Gasteiger charge is 2.14. The molecule has 2 saturated heterocycles. The number of aromatic nitrogens is 1. The van der Waals surface area contributed by atoms with E-state index < -0.39 is 0 Å². The highest BCUT2D eigenvalue weighted by molar-refractivity contribution is 7.07. The topological polar surface area (TPSA) is 95.6 Å². The predicted octanol–water partition coefficient (Wildman–Crippen LogP) is 1.48. The van der Waals surface area contributed by atoms with E-state index in [0.29, 0.717) is 22.3 Å². The molecule has 2 aliphatic rings. The van der Waals surface area contributed by atoms with Gasteiger partial charge in [0.2, 0.25) is 0 Å². The summed E-state index contributed by atoms with van der Waals surface area (Å²) >= 11 is 1.25. The van der Waals surface area contributed by atoms with Crippen LogP contribution in [0.4, 0.5) is 5.69 Å². The molecule has 3 heterocycles. The molecule has 0 saturated carbocycles. The van der Waals surface area contributed by atoms with Crippen LogP contribution in [-0.2, 0) is 17.8 Å². The van der Waals surface area contributed by atoms with Crippen molar-refractivity contribution >= 4 is 34.8 Å². The molecule has 0 atom stereocenters. The van der Waals surface area contributed by atoms with Gasteiger partial charge in [-0.25, -0.2) is 0 Å². The number of carbonyl (C=O) groups is 1. The van der Waals surface area contributed by atoms with Gasteiger partial charge in [-0.05, 0) is 95.9 Å². The minimum Gasteiger partial charge on any atom is -0.392 e. The Morgan fingerprint density at radius 1 is 1.00 bits per heavy atom. The molecule has 0 unspecified atom stereocenters. The third-order valence-corrected chi connectivity index (χ3v) is 8.47. The van der Waals surface area contributed by atoms with Gasteiger partial charge >= 0.3 is 0 Å². The van der Waals surface area contributed by atoms with Crippen molar-refractivity contribution in [2.45, 2.75) is 58.4 Å². The van der Waals surface area contributed by atoms with Crippen molar-refractivity contribution in [2.75, 3.05) is 51.1 Å². The van der Waals surface area contributed by atoms with Crippen LogP contribution >= 0.6 is 11.3 Å². The molecule has 8 nitrogen and oxygen atoms in total. The number of rotatable bonds is 11. The maximum Gasteiger partial charge on any atom is 0.270 e. The molecule has 2 fully saturated rings. The molecule has 0 spiro atoms. The van der Waals surface area contributed by atoms with Crippen molar-refractivity contribution in [3.63, 3.8) is 0 Å². The third kappa shape index (κ3) is 7.69. The quantitative estimate of drug-likeness (QED) is 0.384. The van der Waals surface area contributed by atoms with E-state index in [9.17, 15) is 9.59 Å². The number of nitrogens with two attached hydrogens (primary N) is 1. The van der Waals surface area contributed by atoms with Crippen LogP contribution in [0.3, 0.4) is 0 Å². The van der Waals surface area contributed by atoms with E-state index in [-0.39, 0.29) is 17.2 Å². The summed E-state index contributed by atoms with van der Waals surface area (Å²) < 4.78 is 2.60. The Hall–Kier alpha value is -2.62. The van der Waals surface area contributed by atoms with Gasteiger partial charge in [0.1, 0.15) is 14.9 Å². The van der Waals surface area contributed by atoms with E-state index in [0.717, 1.165) is 44.7 Å². The fourth-order valence-electron chi connectivity index (χ4n) is 5.10. The SMILES string of the molecule is CCn1c(=O)/c(=C\Nc2ccc(CCN3CCCC3)cc2)s/c1=C(/N)C(=O)NCCCN1CCCCC1. The van der Waals surface area contributed by atoms with Crippen molar-refractivity contribution in [1.82, 2.24) is 19.7 Å². The minimum absolute atomic E-state index is 0.101. The number of hydrogen-bond acceptors (Lipinski definition) is 7. The zero-order chi connectivity index (χ0) is 26.0. The average Bonchev–Trinajstić information content (AvgIpc) is 3.57. The van der Waals surface area contributed by atoms with Crippen molar-refractivity contribution in [2.24, 2.45) is 5.73 Å². The van der Waals surface area contributed by atoms with E-state index >= 15 is 0 Å². The summed E-state index contributed by atoms with van der Waals surface area (Å²) in [4.78, 5) is 30.6. The van der Waals surface area contributed by atoms with Gasteiger partial charge in [0.15, 0.2) is 0 Å². The first-order valence-corrected chi connectivity index (χ1v) is 14.6. The zero-order valence-corrected chi connectivity index (χ0v) is 23.0. The molecule has 1 amide bonds. The van der Waals surface area contributed by atoms with Gasteiger partial charge in [-0.1, -0.05) is 18.6 Å². The maximum atomic E-state index is 13.0. The molecule has 4 N–H and O–H groups in total. The molecule has 9 heteroatoms. The Balaban J connectivity index is 1.36. The number of benzene rings is 1. The van der Waals surface area contributed by atoms with Crippen LogP contribution in [0.5, 0.6) is 0 Å². The van der Waals surface area contributed by atoms with Crippen molar-refractivity contribution in [1.29, 1.82) is 0 Å². The molecular formula is C28H42N6O2S. The fraction of sp³-hybridized carbons (Fsp3) is 0.571. The first-order chi connectivity index (χ1) is 18.0. The number of anilines is 1. The second-order valence-electron chi connectivity index (χ2n) is 10.0. The predicted molar refractivity (Wildman–Crippen MR) is 153 cm³/mol. The summed E-state index contributed by atoms with van der Waals surface area (Å²) in [5, 5.41) is 6.16. The van der Waals surface area contributed by atoms with Gasteiger partial charge in [0, 0.05) is 31.5 Å². The highest BCUT2D eigenvalue weighted by atomic mass is 32.1. The smallest absolute Gasteiger partial charge is 0.270 e. The van der Waals surface area contributed by atoms with Crippen LogP contribution < -0.4 is 31.1 Å². The van der Waals surface area contributed by atoms with Gasteiger partial charge in [-0.2, -0.15) is 0 Å². The van der Waals surface area contributed by atoms with Crippen LogP contribution in [0.2, 0.25) is 0 Å². The number of nitrogens with zero attached hydrogens (tertiary/aromatic N) is 3. The lowest BCUT2D eigenvalue weighted by Gasteiger charge is -2.26. The van der Waals surface area contributed by atoms with E-state index in [1.165, 1.54) is 62.1 Å². The normalized spacial score (nSPS) is 18.2. The summed E-state index contributed by atoms with van der Waals surface area (Å²) in [6.45, 7) is 9.75. The van der Waals surface area contributed by atoms with E-state index in [1.54, 1.807) is 10.8 Å². The minimum atomic E-state index is -0.314. The van der Waals surface area contributed by atoms with E-state index in [2.05, 4.69) is 32.6 Å². The molecular weight excluding hydrogens is 484 g/mol. The highest BCUT2D eigenvalue weighted by Crippen LogP contribution is 2.13. The molecule has 0 bridgehead atoms. The monoisotopic (exact) mass is 526 g/mol. The number of thiazole rings is 1. The Morgan fingerprint density at radius 2 is 1.65 bits per heavy atom.